The smallest absolute Gasteiger partial charge is 0.406 e. The molecule has 0 saturated heterocycles. The zero-order chi connectivity index (χ0) is 29.4. The van der Waals surface area contributed by atoms with Crippen molar-refractivity contribution in [3.05, 3.63) is 90.4 Å². The first-order chi connectivity index (χ1) is 19.4. The molecule has 2 aromatic carbocycles. The van der Waals surface area contributed by atoms with Crippen molar-refractivity contribution >= 4 is 22.2 Å². The van der Waals surface area contributed by atoms with Gasteiger partial charge in [0.25, 0.3) is 5.91 Å². The van der Waals surface area contributed by atoms with Gasteiger partial charge in [0, 0.05) is 36.5 Å². The average molecular weight is 593 g/mol. The fourth-order valence-electron chi connectivity index (χ4n) is 4.27. The number of benzene rings is 2. The standard InChI is InChI=1S/C26H21F5N6O3S/c1-15(25(39,12-37-14-32-13-34-37)19-7-4-17(27)8-20(19)28)9-33-23(38)21-10-36-11-22(41-24(36)35-21)16-2-5-18(6-3-16)40-26(29,30)31/h2-8,10-11,13-15,39H,9,12H2,1H3,(H,33,38)/t15-,25+/m0/s1. The number of thiazole rings is 1. The zero-order valence-corrected chi connectivity index (χ0v) is 22.0. The summed E-state index contributed by atoms with van der Waals surface area (Å²) in [4.78, 5) is 22.2. The lowest BCUT2D eigenvalue weighted by molar-refractivity contribution is -0.274. The number of carbonyl (C=O) groups excluding carboxylic acids is 1. The van der Waals surface area contributed by atoms with E-state index in [1.807, 2.05) is 0 Å². The molecule has 5 rings (SSSR count). The van der Waals surface area contributed by atoms with E-state index in [0.717, 1.165) is 12.1 Å². The quantitative estimate of drug-likeness (QED) is 0.239. The Kier molecular flexibility index (Phi) is 7.48. The molecule has 214 valence electrons. The minimum Gasteiger partial charge on any atom is -0.406 e. The van der Waals surface area contributed by atoms with Gasteiger partial charge in [0.15, 0.2) is 4.96 Å². The maximum absolute atomic E-state index is 14.7. The van der Waals surface area contributed by atoms with E-state index in [4.69, 9.17) is 0 Å². The maximum Gasteiger partial charge on any atom is 0.573 e. The summed E-state index contributed by atoms with van der Waals surface area (Å²) in [5.74, 6) is -3.41. The van der Waals surface area contributed by atoms with Crippen LogP contribution in [0.2, 0.25) is 0 Å². The summed E-state index contributed by atoms with van der Waals surface area (Å²) < 4.78 is 72.3. The van der Waals surface area contributed by atoms with Crippen LogP contribution in [0.4, 0.5) is 22.0 Å². The number of fused-ring (bicyclic) bond motifs is 1. The molecule has 9 nitrogen and oxygen atoms in total. The third-order valence-electron chi connectivity index (χ3n) is 6.41. The van der Waals surface area contributed by atoms with Gasteiger partial charge in [0.2, 0.25) is 0 Å². The van der Waals surface area contributed by atoms with E-state index in [2.05, 4.69) is 25.1 Å². The molecule has 0 radical (unpaired) electrons. The molecular weight excluding hydrogens is 571 g/mol. The number of hydrogen-bond acceptors (Lipinski definition) is 7. The molecule has 41 heavy (non-hydrogen) atoms. The van der Waals surface area contributed by atoms with Crippen LogP contribution in [0, 0.1) is 17.6 Å². The summed E-state index contributed by atoms with van der Waals surface area (Å²) in [6, 6.07) is 8.21. The zero-order valence-electron chi connectivity index (χ0n) is 21.1. The van der Waals surface area contributed by atoms with Gasteiger partial charge in [-0.05, 0) is 35.9 Å². The molecular formula is C26H21F5N6O3S. The summed E-state index contributed by atoms with van der Waals surface area (Å²) in [5, 5.41) is 18.2. The molecule has 0 aliphatic heterocycles. The van der Waals surface area contributed by atoms with Crippen LogP contribution in [0.15, 0.2) is 67.5 Å². The first-order valence-corrected chi connectivity index (χ1v) is 12.9. The Morgan fingerprint density at radius 2 is 1.90 bits per heavy atom. The number of alkyl halides is 3. The number of carbonyl (C=O) groups is 1. The van der Waals surface area contributed by atoms with Crippen molar-refractivity contribution in [2.45, 2.75) is 25.4 Å². The van der Waals surface area contributed by atoms with E-state index in [1.165, 1.54) is 59.1 Å². The summed E-state index contributed by atoms with van der Waals surface area (Å²) in [6.45, 7) is 1.30. The predicted octanol–water partition coefficient (Wildman–Crippen LogP) is 4.79. The fraction of sp³-hybridized carbons (Fsp3) is 0.231. The van der Waals surface area contributed by atoms with Crippen LogP contribution >= 0.6 is 11.3 Å². The molecule has 0 fully saturated rings. The Hall–Kier alpha value is -4.37. The van der Waals surface area contributed by atoms with Crippen LogP contribution in [-0.4, -0.2) is 48.1 Å². The lowest BCUT2D eigenvalue weighted by Gasteiger charge is -2.35. The highest BCUT2D eigenvalue weighted by atomic mass is 32.1. The molecule has 5 aromatic rings. The highest BCUT2D eigenvalue weighted by molar-refractivity contribution is 7.20. The molecule has 15 heteroatoms. The highest BCUT2D eigenvalue weighted by Crippen LogP contribution is 2.34. The number of amides is 1. The summed E-state index contributed by atoms with van der Waals surface area (Å²) >= 11 is 1.22. The van der Waals surface area contributed by atoms with E-state index < -0.39 is 35.4 Å². The number of aliphatic hydroxyl groups is 1. The van der Waals surface area contributed by atoms with E-state index in [1.54, 1.807) is 17.5 Å². The second-order valence-electron chi connectivity index (χ2n) is 9.24. The molecule has 0 unspecified atom stereocenters. The van der Waals surface area contributed by atoms with Crippen molar-refractivity contribution in [3.63, 3.8) is 0 Å². The van der Waals surface area contributed by atoms with Crippen molar-refractivity contribution in [1.29, 1.82) is 0 Å². The van der Waals surface area contributed by atoms with Crippen LogP contribution in [-0.2, 0) is 12.1 Å². The van der Waals surface area contributed by atoms with E-state index in [-0.39, 0.29) is 30.1 Å². The summed E-state index contributed by atoms with van der Waals surface area (Å²) in [7, 11) is 0. The molecule has 0 bridgehead atoms. The summed E-state index contributed by atoms with van der Waals surface area (Å²) in [5.41, 5.74) is -1.33. The first kappa shape index (κ1) is 28.2. The number of rotatable bonds is 9. The van der Waals surface area contributed by atoms with Gasteiger partial charge in [-0.25, -0.2) is 23.4 Å². The molecule has 0 saturated carbocycles. The number of imidazole rings is 1. The number of aromatic nitrogens is 5. The van der Waals surface area contributed by atoms with Crippen molar-refractivity contribution in [1.82, 2.24) is 29.5 Å². The predicted molar refractivity (Wildman–Crippen MR) is 137 cm³/mol. The van der Waals surface area contributed by atoms with E-state index in [9.17, 15) is 31.9 Å². The molecule has 0 aliphatic carbocycles. The SMILES string of the molecule is C[C@@H](CNC(=O)c1cn2cc(-c3ccc(OC(F)(F)F)cc3)sc2n1)[C@](O)(Cn1cncn1)c1ccc(F)cc1F. The second kappa shape index (κ2) is 10.9. The average Bonchev–Trinajstić information content (AvgIpc) is 3.63. The van der Waals surface area contributed by atoms with Crippen LogP contribution in [0.5, 0.6) is 5.75 Å². The van der Waals surface area contributed by atoms with Crippen LogP contribution in [0.3, 0.4) is 0 Å². The van der Waals surface area contributed by atoms with Crippen LogP contribution in [0.25, 0.3) is 15.4 Å². The van der Waals surface area contributed by atoms with Gasteiger partial charge in [0.05, 0.1) is 11.4 Å². The van der Waals surface area contributed by atoms with Crippen molar-refractivity contribution < 1.29 is 36.6 Å². The number of nitrogens with one attached hydrogen (secondary N) is 1. The van der Waals surface area contributed by atoms with Gasteiger partial charge >= 0.3 is 6.36 Å². The van der Waals surface area contributed by atoms with Gasteiger partial charge in [-0.3, -0.25) is 9.20 Å². The monoisotopic (exact) mass is 592 g/mol. The number of ether oxygens (including phenoxy) is 1. The molecule has 0 spiro atoms. The normalized spacial score (nSPS) is 14.1. The maximum atomic E-state index is 14.7. The van der Waals surface area contributed by atoms with Gasteiger partial charge in [-0.1, -0.05) is 24.3 Å². The van der Waals surface area contributed by atoms with Crippen molar-refractivity contribution in [3.8, 4) is 16.2 Å². The topological polar surface area (TPSA) is 107 Å². The fourth-order valence-corrected chi connectivity index (χ4v) is 5.24. The minimum atomic E-state index is -4.78. The highest BCUT2D eigenvalue weighted by Gasteiger charge is 2.39. The van der Waals surface area contributed by atoms with E-state index >= 15 is 0 Å². The Morgan fingerprint density at radius 1 is 1.15 bits per heavy atom. The minimum absolute atomic E-state index is 0.0803. The second-order valence-corrected chi connectivity index (χ2v) is 10.2. The van der Waals surface area contributed by atoms with Gasteiger partial charge in [-0.2, -0.15) is 5.10 Å². The van der Waals surface area contributed by atoms with Gasteiger partial charge < -0.3 is 15.2 Å². The number of halogens is 5. The van der Waals surface area contributed by atoms with Crippen molar-refractivity contribution in [2.24, 2.45) is 5.92 Å². The van der Waals surface area contributed by atoms with Gasteiger partial charge in [-0.15, -0.1) is 13.2 Å². The Bertz CT molecular complexity index is 1640. The number of nitrogens with zero attached hydrogens (tertiary/aromatic N) is 5. The van der Waals surface area contributed by atoms with E-state index in [0.29, 0.717) is 21.5 Å². The lowest BCUT2D eigenvalue weighted by Crippen LogP contribution is -2.44. The lowest BCUT2D eigenvalue weighted by atomic mass is 9.81. The third kappa shape index (κ3) is 6.20. The van der Waals surface area contributed by atoms with Crippen LogP contribution < -0.4 is 10.1 Å². The molecule has 1 amide bonds. The molecule has 0 aliphatic rings. The summed E-state index contributed by atoms with van der Waals surface area (Å²) in [6.07, 6.45) is 0.973. The van der Waals surface area contributed by atoms with Crippen LogP contribution in [0.1, 0.15) is 23.0 Å². The third-order valence-corrected chi connectivity index (χ3v) is 7.46. The van der Waals surface area contributed by atoms with Crippen molar-refractivity contribution in [2.75, 3.05) is 6.54 Å². The molecule has 3 heterocycles. The molecule has 2 N–H and O–H groups in total. The first-order valence-electron chi connectivity index (χ1n) is 12.0. The Labute approximate surface area is 232 Å². The molecule has 3 aromatic heterocycles. The number of hydrogen-bond donors (Lipinski definition) is 2. The Balaban J connectivity index is 1.29. The van der Waals surface area contributed by atoms with Gasteiger partial charge in [0.1, 0.15) is 41.3 Å². The largest absolute Gasteiger partial charge is 0.573 e. The Morgan fingerprint density at radius 3 is 2.54 bits per heavy atom. The molecule has 2 atom stereocenters.